The van der Waals surface area contributed by atoms with Crippen LogP contribution in [0.3, 0.4) is 0 Å². The van der Waals surface area contributed by atoms with E-state index in [1.807, 2.05) is 37.3 Å². The van der Waals surface area contributed by atoms with E-state index in [1.54, 1.807) is 30.9 Å². The van der Waals surface area contributed by atoms with Gasteiger partial charge in [-0.15, -0.1) is 11.3 Å². The number of methoxy groups -OCH3 is 3. The van der Waals surface area contributed by atoms with E-state index in [0.29, 0.717) is 22.3 Å². The van der Waals surface area contributed by atoms with Gasteiger partial charge < -0.3 is 18.8 Å². The summed E-state index contributed by atoms with van der Waals surface area (Å²) in [6.07, 6.45) is 0.721. The zero-order valence-electron chi connectivity index (χ0n) is 19.7. The Bertz CT molecular complexity index is 1410. The average Bonchev–Trinajstić information content (AvgIpc) is 3.45. The van der Waals surface area contributed by atoms with Crippen molar-refractivity contribution in [2.24, 2.45) is 0 Å². The van der Waals surface area contributed by atoms with Crippen molar-refractivity contribution in [3.05, 3.63) is 57.5 Å². The van der Waals surface area contributed by atoms with Crippen LogP contribution in [0.2, 0.25) is 0 Å². The molecule has 0 unspecified atom stereocenters. The number of carbonyl (C=O) groups is 2. The average molecular weight is 558 g/mol. The maximum absolute atomic E-state index is 13.3. The number of esters is 1. The molecule has 0 atom stereocenters. The molecule has 0 radical (unpaired) electrons. The number of aryl methyl sites for hydroxylation is 1. The molecule has 0 spiro atoms. The van der Waals surface area contributed by atoms with Crippen molar-refractivity contribution in [2.45, 2.75) is 19.9 Å². The molecule has 2 aromatic carbocycles. The molecule has 1 N–H and O–H groups in total. The number of hydrogen-bond donors (Lipinski definition) is 1. The largest absolute Gasteiger partial charge is 0.496 e. The SMILES string of the molecule is CCc1sc(NC(=O)c2cc3ccccc3n2CC(=O)OC)nc1-c1cc(Br)c(OC)cc1OC. The summed E-state index contributed by atoms with van der Waals surface area (Å²) in [5, 5.41) is 4.21. The number of benzene rings is 2. The molecule has 182 valence electrons. The lowest BCUT2D eigenvalue weighted by atomic mass is 10.1. The van der Waals surface area contributed by atoms with E-state index in [1.165, 1.54) is 18.4 Å². The maximum atomic E-state index is 13.3. The molecule has 0 bridgehead atoms. The summed E-state index contributed by atoms with van der Waals surface area (Å²) in [5.74, 6) is 0.449. The molecule has 0 aliphatic rings. The van der Waals surface area contributed by atoms with Crippen LogP contribution in [0.4, 0.5) is 5.13 Å². The molecular formula is C25H24BrN3O5S. The van der Waals surface area contributed by atoms with Gasteiger partial charge in [-0.3, -0.25) is 14.9 Å². The Morgan fingerprint density at radius 2 is 1.83 bits per heavy atom. The Morgan fingerprint density at radius 1 is 1.09 bits per heavy atom. The van der Waals surface area contributed by atoms with Gasteiger partial charge in [-0.2, -0.15) is 0 Å². The lowest BCUT2D eigenvalue weighted by Gasteiger charge is -2.12. The van der Waals surface area contributed by atoms with Gasteiger partial charge in [0.2, 0.25) is 0 Å². The third-order valence-corrected chi connectivity index (χ3v) is 7.26. The van der Waals surface area contributed by atoms with Gasteiger partial charge in [-0.05, 0) is 40.5 Å². The van der Waals surface area contributed by atoms with Crippen LogP contribution in [0.15, 0.2) is 46.9 Å². The number of ether oxygens (including phenoxy) is 3. The third-order valence-electron chi connectivity index (χ3n) is 5.53. The predicted octanol–water partition coefficient (Wildman–Crippen LogP) is 5.53. The van der Waals surface area contributed by atoms with Crippen molar-refractivity contribution >= 4 is 55.2 Å². The number of rotatable bonds is 8. The van der Waals surface area contributed by atoms with Crippen molar-refractivity contribution in [1.29, 1.82) is 0 Å². The molecular weight excluding hydrogens is 534 g/mol. The van der Waals surface area contributed by atoms with Crippen LogP contribution in [0.25, 0.3) is 22.2 Å². The molecule has 8 nitrogen and oxygen atoms in total. The fourth-order valence-electron chi connectivity index (χ4n) is 3.82. The zero-order chi connectivity index (χ0) is 25.1. The van der Waals surface area contributed by atoms with Gasteiger partial charge in [0.15, 0.2) is 5.13 Å². The van der Waals surface area contributed by atoms with Crippen LogP contribution in [-0.4, -0.2) is 42.8 Å². The summed E-state index contributed by atoms with van der Waals surface area (Å²) in [5.41, 5.74) is 2.62. The van der Waals surface area contributed by atoms with E-state index in [0.717, 1.165) is 37.9 Å². The van der Waals surface area contributed by atoms with Gasteiger partial charge in [0, 0.05) is 27.4 Å². The number of para-hydroxylation sites is 1. The van der Waals surface area contributed by atoms with Crippen LogP contribution in [0.1, 0.15) is 22.3 Å². The summed E-state index contributed by atoms with van der Waals surface area (Å²) in [4.78, 5) is 31.1. The Labute approximate surface area is 215 Å². The minimum atomic E-state index is -0.442. The van der Waals surface area contributed by atoms with Crippen LogP contribution >= 0.6 is 27.3 Å². The standard InChI is InChI=1S/C25H24BrN3O5S/c1-5-21-23(15-11-16(26)20(33-3)12-19(15)32-2)27-25(35-21)28-24(31)18-10-14-8-6-7-9-17(14)29(18)13-22(30)34-4/h6-12H,5,13H2,1-4H3,(H,27,28,31). The van der Waals surface area contributed by atoms with Crippen LogP contribution < -0.4 is 14.8 Å². The summed E-state index contributed by atoms with van der Waals surface area (Å²) in [6, 6.07) is 12.9. The number of nitrogens with one attached hydrogen (secondary N) is 1. The number of hydrogen-bond acceptors (Lipinski definition) is 7. The predicted molar refractivity (Wildman–Crippen MR) is 140 cm³/mol. The van der Waals surface area contributed by atoms with Crippen LogP contribution in [0.5, 0.6) is 11.5 Å². The van der Waals surface area contributed by atoms with Gasteiger partial charge in [0.1, 0.15) is 23.7 Å². The minimum Gasteiger partial charge on any atom is -0.496 e. The number of aromatic nitrogens is 2. The summed E-state index contributed by atoms with van der Waals surface area (Å²) >= 11 is 4.92. The van der Waals surface area contributed by atoms with E-state index in [2.05, 4.69) is 21.2 Å². The fourth-order valence-corrected chi connectivity index (χ4v) is 5.24. The topological polar surface area (TPSA) is 91.7 Å². The first-order valence-electron chi connectivity index (χ1n) is 10.8. The van der Waals surface area contributed by atoms with E-state index in [9.17, 15) is 9.59 Å². The third kappa shape index (κ3) is 4.89. The normalized spacial score (nSPS) is 10.9. The molecule has 0 fully saturated rings. The van der Waals surface area contributed by atoms with Crippen LogP contribution in [0, 0.1) is 0 Å². The monoisotopic (exact) mass is 557 g/mol. The lowest BCUT2D eigenvalue weighted by Crippen LogP contribution is -2.20. The van der Waals surface area contributed by atoms with Crippen molar-refractivity contribution in [1.82, 2.24) is 9.55 Å². The van der Waals surface area contributed by atoms with Crippen molar-refractivity contribution in [2.75, 3.05) is 26.6 Å². The number of halogens is 1. The molecule has 2 aromatic heterocycles. The molecule has 10 heteroatoms. The number of fused-ring (bicyclic) bond motifs is 1. The van der Waals surface area contributed by atoms with Gasteiger partial charge >= 0.3 is 5.97 Å². The molecule has 2 heterocycles. The number of nitrogens with zero attached hydrogens (tertiary/aromatic N) is 2. The smallest absolute Gasteiger partial charge is 0.325 e. The Morgan fingerprint density at radius 3 is 2.51 bits per heavy atom. The first-order valence-corrected chi connectivity index (χ1v) is 12.4. The molecule has 0 saturated carbocycles. The van der Waals surface area contributed by atoms with E-state index in [4.69, 9.17) is 19.2 Å². The molecule has 1 amide bonds. The van der Waals surface area contributed by atoms with Crippen molar-refractivity contribution in [3.63, 3.8) is 0 Å². The second-order valence-corrected chi connectivity index (χ2v) is 9.47. The molecule has 0 aliphatic carbocycles. The first-order chi connectivity index (χ1) is 16.9. The zero-order valence-corrected chi connectivity index (χ0v) is 22.1. The van der Waals surface area contributed by atoms with E-state index >= 15 is 0 Å². The first kappa shape index (κ1) is 24.7. The van der Waals surface area contributed by atoms with Gasteiger partial charge in [0.05, 0.1) is 31.5 Å². The van der Waals surface area contributed by atoms with Gasteiger partial charge in [-0.25, -0.2) is 4.98 Å². The highest BCUT2D eigenvalue weighted by atomic mass is 79.9. The number of carbonyl (C=O) groups excluding carboxylic acids is 2. The van der Waals surface area contributed by atoms with Crippen LogP contribution in [-0.2, 0) is 22.5 Å². The number of thiazole rings is 1. The lowest BCUT2D eigenvalue weighted by molar-refractivity contribution is -0.141. The number of anilines is 1. The molecule has 35 heavy (non-hydrogen) atoms. The quantitative estimate of drug-likeness (QED) is 0.286. The van der Waals surface area contributed by atoms with Crippen molar-refractivity contribution < 1.29 is 23.8 Å². The Balaban J connectivity index is 1.71. The van der Waals surface area contributed by atoms with E-state index < -0.39 is 5.97 Å². The molecule has 4 rings (SSSR count). The molecule has 0 aliphatic heterocycles. The van der Waals surface area contributed by atoms with Gasteiger partial charge in [-0.1, -0.05) is 25.1 Å². The summed E-state index contributed by atoms with van der Waals surface area (Å²) in [7, 11) is 4.50. The highest BCUT2D eigenvalue weighted by Crippen LogP contribution is 2.42. The fraction of sp³-hybridized carbons (Fsp3) is 0.240. The Hall–Kier alpha value is -3.37. The molecule has 4 aromatic rings. The van der Waals surface area contributed by atoms with E-state index in [-0.39, 0.29) is 12.5 Å². The second-order valence-electron chi connectivity index (χ2n) is 7.54. The minimum absolute atomic E-state index is 0.0762. The van der Waals surface area contributed by atoms with Crippen molar-refractivity contribution in [3.8, 4) is 22.8 Å². The number of amides is 1. The van der Waals surface area contributed by atoms with Gasteiger partial charge in [0.25, 0.3) is 5.91 Å². The Kier molecular flexibility index (Phi) is 7.42. The second kappa shape index (κ2) is 10.5. The highest BCUT2D eigenvalue weighted by molar-refractivity contribution is 9.10. The highest BCUT2D eigenvalue weighted by Gasteiger charge is 2.22. The summed E-state index contributed by atoms with van der Waals surface area (Å²) in [6.45, 7) is 1.95. The maximum Gasteiger partial charge on any atom is 0.325 e. The molecule has 0 saturated heterocycles. The summed E-state index contributed by atoms with van der Waals surface area (Å²) < 4.78 is 18.2.